The van der Waals surface area contributed by atoms with Crippen LogP contribution in [0.4, 0.5) is 5.69 Å². The van der Waals surface area contributed by atoms with Crippen molar-refractivity contribution in [1.82, 2.24) is 4.90 Å². The highest BCUT2D eigenvalue weighted by Crippen LogP contribution is 2.26. The number of hydrazone groups is 1. The van der Waals surface area contributed by atoms with Crippen LogP contribution in [-0.4, -0.2) is 29.6 Å². The Labute approximate surface area is 132 Å². The highest BCUT2D eigenvalue weighted by Gasteiger charge is 2.29. The summed E-state index contributed by atoms with van der Waals surface area (Å²) < 4.78 is 0. The van der Waals surface area contributed by atoms with Crippen molar-refractivity contribution in [3.8, 4) is 0 Å². The number of nitrogens with zero attached hydrogens (tertiary/aromatic N) is 3. The third-order valence-electron chi connectivity index (χ3n) is 4.50. The maximum atomic E-state index is 12.7. The number of carbonyl (C=O) groups is 1. The maximum absolute atomic E-state index is 12.7. The van der Waals surface area contributed by atoms with Crippen molar-refractivity contribution in [2.45, 2.75) is 40.0 Å². The predicted molar refractivity (Wildman–Crippen MR) is 90.0 cm³/mol. The fourth-order valence-electron chi connectivity index (χ4n) is 2.93. The molecular weight excluding hydrogens is 274 g/mol. The van der Waals surface area contributed by atoms with Gasteiger partial charge in [0.1, 0.15) is 0 Å². The lowest BCUT2D eigenvalue weighted by molar-refractivity contribution is -0.114. The summed E-state index contributed by atoms with van der Waals surface area (Å²) in [6.45, 7) is 8.11. The first-order valence-corrected chi connectivity index (χ1v) is 7.99. The molecule has 2 aliphatic rings. The van der Waals surface area contributed by atoms with Crippen LogP contribution in [-0.2, 0) is 4.79 Å². The van der Waals surface area contributed by atoms with E-state index in [0.717, 1.165) is 30.1 Å². The normalized spacial score (nSPS) is 20.8. The van der Waals surface area contributed by atoms with Crippen molar-refractivity contribution >= 4 is 17.3 Å². The molecule has 4 nitrogen and oxygen atoms in total. The summed E-state index contributed by atoms with van der Waals surface area (Å²) in [5.41, 5.74) is 4.76. The van der Waals surface area contributed by atoms with E-state index in [9.17, 15) is 4.79 Å². The summed E-state index contributed by atoms with van der Waals surface area (Å²) in [5, 5.41) is 5.99. The quantitative estimate of drug-likeness (QED) is 0.784. The van der Waals surface area contributed by atoms with Crippen LogP contribution in [0.25, 0.3) is 0 Å². The second kappa shape index (κ2) is 5.95. The molecule has 116 valence electrons. The molecule has 1 aromatic carbocycles. The zero-order chi connectivity index (χ0) is 15.7. The number of anilines is 1. The Kier molecular flexibility index (Phi) is 4.01. The minimum absolute atomic E-state index is 0.0219. The number of likely N-dealkylation sites (tertiary alicyclic amines) is 1. The summed E-state index contributed by atoms with van der Waals surface area (Å²) in [7, 11) is 0. The largest absolute Gasteiger partial charge is 0.377 e. The molecule has 3 rings (SSSR count). The Hall–Kier alpha value is -2.10. The van der Waals surface area contributed by atoms with Gasteiger partial charge < -0.3 is 4.90 Å². The molecule has 0 unspecified atom stereocenters. The van der Waals surface area contributed by atoms with Crippen molar-refractivity contribution in [3.05, 3.63) is 41.1 Å². The fourth-order valence-corrected chi connectivity index (χ4v) is 2.93. The van der Waals surface area contributed by atoms with Crippen LogP contribution < -0.4 is 5.01 Å². The van der Waals surface area contributed by atoms with Crippen LogP contribution >= 0.6 is 0 Å². The van der Waals surface area contributed by atoms with Crippen molar-refractivity contribution in [3.63, 3.8) is 0 Å². The van der Waals surface area contributed by atoms with Gasteiger partial charge in [0, 0.05) is 19.3 Å². The van der Waals surface area contributed by atoms with E-state index in [2.05, 4.69) is 23.8 Å². The second-order valence-corrected chi connectivity index (χ2v) is 6.21. The number of hydrogen-bond donors (Lipinski definition) is 0. The lowest BCUT2D eigenvalue weighted by Gasteiger charge is -2.25. The van der Waals surface area contributed by atoms with Gasteiger partial charge in [-0.25, -0.2) is 0 Å². The number of carbonyl (C=O) groups excluding carboxylic acids is 1. The standard InChI is InChI=1S/C18H23N3O/c1-13-7-8-16(11-14(13)2)21-18(22)17(15(3)19-21)12-20-9-5-4-6-10-20/h7-8,11-12H,4-6,9-10H2,1-3H3/b17-12+. The van der Waals surface area contributed by atoms with Crippen molar-refractivity contribution in [1.29, 1.82) is 0 Å². The van der Waals surface area contributed by atoms with Gasteiger partial charge >= 0.3 is 0 Å². The molecular formula is C18H23N3O. The van der Waals surface area contributed by atoms with E-state index in [4.69, 9.17) is 0 Å². The molecule has 22 heavy (non-hydrogen) atoms. The molecule has 0 N–H and O–H groups in total. The predicted octanol–water partition coefficient (Wildman–Crippen LogP) is 3.40. The number of benzene rings is 1. The summed E-state index contributed by atoms with van der Waals surface area (Å²) in [5.74, 6) is -0.0219. The molecule has 0 aromatic heterocycles. The Balaban J connectivity index is 1.85. The monoisotopic (exact) mass is 297 g/mol. The lowest BCUT2D eigenvalue weighted by Crippen LogP contribution is -2.27. The van der Waals surface area contributed by atoms with Gasteiger partial charge in [-0.15, -0.1) is 0 Å². The number of rotatable bonds is 2. The molecule has 1 saturated heterocycles. The van der Waals surface area contributed by atoms with E-state index < -0.39 is 0 Å². The Morgan fingerprint density at radius 3 is 2.45 bits per heavy atom. The molecule has 4 heteroatoms. The highest BCUT2D eigenvalue weighted by molar-refractivity contribution is 6.29. The lowest BCUT2D eigenvalue weighted by atomic mass is 10.1. The molecule has 0 atom stereocenters. The zero-order valence-electron chi connectivity index (χ0n) is 13.6. The Morgan fingerprint density at radius 2 is 1.77 bits per heavy atom. The molecule has 0 spiro atoms. The molecule has 0 radical (unpaired) electrons. The summed E-state index contributed by atoms with van der Waals surface area (Å²) in [6.07, 6.45) is 5.70. The van der Waals surface area contributed by atoms with Gasteiger partial charge in [0.25, 0.3) is 5.91 Å². The van der Waals surface area contributed by atoms with Crippen LogP contribution in [0.3, 0.4) is 0 Å². The average molecular weight is 297 g/mol. The number of aryl methyl sites for hydroxylation is 2. The van der Waals surface area contributed by atoms with Crippen LogP contribution in [0.1, 0.15) is 37.3 Å². The molecule has 0 saturated carbocycles. The van der Waals surface area contributed by atoms with Gasteiger partial charge in [-0.05, 0) is 63.3 Å². The van der Waals surface area contributed by atoms with Crippen molar-refractivity contribution in [2.24, 2.45) is 5.10 Å². The topological polar surface area (TPSA) is 35.9 Å². The third-order valence-corrected chi connectivity index (χ3v) is 4.50. The zero-order valence-corrected chi connectivity index (χ0v) is 13.6. The van der Waals surface area contributed by atoms with Gasteiger partial charge in [0.05, 0.1) is 17.0 Å². The van der Waals surface area contributed by atoms with E-state index >= 15 is 0 Å². The van der Waals surface area contributed by atoms with Gasteiger partial charge in [0.2, 0.25) is 0 Å². The molecule has 1 fully saturated rings. The summed E-state index contributed by atoms with van der Waals surface area (Å²) in [6, 6.07) is 6.02. The first-order chi connectivity index (χ1) is 10.6. The van der Waals surface area contributed by atoms with E-state index in [1.165, 1.54) is 35.4 Å². The van der Waals surface area contributed by atoms with Crippen molar-refractivity contribution in [2.75, 3.05) is 18.1 Å². The van der Waals surface area contributed by atoms with Crippen LogP contribution in [0.5, 0.6) is 0 Å². The van der Waals surface area contributed by atoms with Crippen LogP contribution in [0.2, 0.25) is 0 Å². The maximum Gasteiger partial charge on any atom is 0.282 e. The average Bonchev–Trinajstić information content (AvgIpc) is 2.79. The van der Waals surface area contributed by atoms with E-state index in [1.54, 1.807) is 0 Å². The Morgan fingerprint density at radius 1 is 1.05 bits per heavy atom. The van der Waals surface area contributed by atoms with E-state index in [-0.39, 0.29) is 5.91 Å². The minimum Gasteiger partial charge on any atom is -0.377 e. The Bertz CT molecular complexity index is 654. The molecule has 2 aliphatic heterocycles. The summed E-state index contributed by atoms with van der Waals surface area (Å²) in [4.78, 5) is 15.0. The van der Waals surface area contributed by atoms with Crippen molar-refractivity contribution < 1.29 is 4.79 Å². The first-order valence-electron chi connectivity index (χ1n) is 7.99. The number of piperidine rings is 1. The SMILES string of the molecule is CC1=NN(c2ccc(C)c(C)c2)C(=O)/C1=C/N1CCCCC1. The van der Waals surface area contributed by atoms with Gasteiger partial charge in [0.15, 0.2) is 0 Å². The molecule has 2 heterocycles. The summed E-state index contributed by atoms with van der Waals surface area (Å²) >= 11 is 0. The minimum atomic E-state index is -0.0219. The third kappa shape index (κ3) is 2.78. The smallest absolute Gasteiger partial charge is 0.282 e. The number of hydrogen-bond acceptors (Lipinski definition) is 3. The highest BCUT2D eigenvalue weighted by atomic mass is 16.2. The fraction of sp³-hybridized carbons (Fsp3) is 0.444. The van der Waals surface area contributed by atoms with Crippen LogP contribution in [0, 0.1) is 13.8 Å². The van der Waals surface area contributed by atoms with E-state index in [0.29, 0.717) is 0 Å². The van der Waals surface area contributed by atoms with Gasteiger partial charge in [-0.1, -0.05) is 6.07 Å². The van der Waals surface area contributed by atoms with Crippen LogP contribution in [0.15, 0.2) is 35.1 Å². The second-order valence-electron chi connectivity index (χ2n) is 6.21. The first kappa shape index (κ1) is 14.8. The molecule has 0 aliphatic carbocycles. The van der Waals surface area contributed by atoms with Gasteiger partial charge in [-0.2, -0.15) is 10.1 Å². The van der Waals surface area contributed by atoms with Gasteiger partial charge in [-0.3, -0.25) is 4.79 Å². The molecule has 1 amide bonds. The number of amides is 1. The van der Waals surface area contributed by atoms with E-state index in [1.807, 2.05) is 31.3 Å². The molecule has 1 aromatic rings. The molecule has 0 bridgehead atoms.